The van der Waals surface area contributed by atoms with Crippen LogP contribution < -0.4 is 5.56 Å². The molecule has 3 aromatic carbocycles. The first-order valence-electron chi connectivity index (χ1n) is 11.7. The Hall–Kier alpha value is -5.22. The number of hydrogen-bond donors (Lipinski definition) is 3. The van der Waals surface area contributed by atoms with Gasteiger partial charge in [0.2, 0.25) is 0 Å². The van der Waals surface area contributed by atoms with Gasteiger partial charge >= 0.3 is 17.9 Å². The van der Waals surface area contributed by atoms with Crippen molar-refractivity contribution >= 4 is 40.4 Å². The molecule has 5 aromatic rings. The van der Waals surface area contributed by atoms with Crippen molar-refractivity contribution in [3.8, 4) is 11.1 Å². The van der Waals surface area contributed by atoms with Crippen molar-refractivity contribution in [3.05, 3.63) is 124 Å². The number of carboxylic acid groups (broad SMARTS) is 3. The maximum Gasteiger partial charge on any atom is 0.414 e. The van der Waals surface area contributed by atoms with Crippen LogP contribution in [-0.4, -0.2) is 47.3 Å². The first-order chi connectivity index (χ1) is 19.1. The predicted octanol–water partition coefficient (Wildman–Crippen LogP) is 5.18. The van der Waals surface area contributed by atoms with Crippen LogP contribution in [0.3, 0.4) is 0 Å². The fraction of sp³-hybridized carbons (Fsp3) is 0.100. The van der Waals surface area contributed by atoms with Crippen molar-refractivity contribution in [2.24, 2.45) is 7.05 Å². The molecular weight excluding hydrogens is 550 g/mol. The predicted molar refractivity (Wildman–Crippen MR) is 155 cm³/mol. The summed E-state index contributed by atoms with van der Waals surface area (Å²) < 4.78 is 3.25. The smallest absolute Gasteiger partial charge is 0.414 e. The molecule has 0 spiro atoms. The molecule has 0 saturated heterocycles. The molecule has 0 aliphatic carbocycles. The van der Waals surface area contributed by atoms with Crippen LogP contribution in [0.1, 0.15) is 35.1 Å². The minimum atomic E-state index is -1.82. The summed E-state index contributed by atoms with van der Waals surface area (Å²) in [5, 5.41) is 26.0. The number of imidazole rings is 1. The van der Waals surface area contributed by atoms with E-state index >= 15 is 0 Å². The Bertz CT molecular complexity index is 1770. The molecule has 0 amide bonds. The number of carboxylic acids is 3. The molecule has 3 N–H and O–H groups in total. The van der Waals surface area contributed by atoms with Gasteiger partial charge in [0, 0.05) is 23.5 Å². The van der Waals surface area contributed by atoms with E-state index < -0.39 is 23.9 Å². The molecule has 2 aromatic heterocycles. The van der Waals surface area contributed by atoms with Gasteiger partial charge in [-0.05, 0) is 46.5 Å². The summed E-state index contributed by atoms with van der Waals surface area (Å²) in [6.45, 7) is 0. The highest BCUT2D eigenvalue weighted by molar-refractivity contribution is 6.30. The van der Waals surface area contributed by atoms with Gasteiger partial charge in [-0.25, -0.2) is 19.4 Å². The molecule has 11 heteroatoms. The number of pyridine rings is 1. The lowest BCUT2D eigenvalue weighted by molar-refractivity contribution is -0.159. The van der Waals surface area contributed by atoms with Gasteiger partial charge in [-0.3, -0.25) is 4.79 Å². The highest BCUT2D eigenvalue weighted by atomic mass is 35.5. The second-order valence-electron chi connectivity index (χ2n) is 8.65. The number of benzene rings is 3. The number of halogens is 1. The minimum Gasteiger partial charge on any atom is -0.477 e. The Morgan fingerprint density at radius 2 is 1.46 bits per heavy atom. The molecule has 0 radical (unpaired) electrons. The van der Waals surface area contributed by atoms with Crippen LogP contribution in [0.25, 0.3) is 22.0 Å². The van der Waals surface area contributed by atoms with Crippen molar-refractivity contribution in [3.63, 3.8) is 0 Å². The minimum absolute atomic E-state index is 0. The Kier molecular flexibility index (Phi) is 9.43. The first-order valence-corrected chi connectivity index (χ1v) is 12.1. The Morgan fingerprint density at radius 1 is 0.854 bits per heavy atom. The first kappa shape index (κ1) is 30.3. The van der Waals surface area contributed by atoms with Gasteiger partial charge in [0.15, 0.2) is 0 Å². The molecule has 0 fully saturated rings. The highest BCUT2D eigenvalue weighted by Gasteiger charge is 2.23. The Morgan fingerprint density at radius 3 is 2.05 bits per heavy atom. The number of fused-ring (bicyclic) bond motifs is 1. The van der Waals surface area contributed by atoms with E-state index in [0.29, 0.717) is 5.02 Å². The number of rotatable bonds is 5. The van der Waals surface area contributed by atoms with Gasteiger partial charge in [-0.1, -0.05) is 67.6 Å². The standard InChI is InChI=1S/C27H20ClN3O3.C2H2O4.CH4/c1-30-23-12-9-19(13-22(23)21(14-25(30)32)17-5-3-2-4-6-17)26(18-7-10-20(28)11-8-18)31-16-29-15-24(31)27(33)34;3-1(4)2(5)6;/h2-16,26H,1H3,(H,33,34);(H,3,4)(H,5,6);1H4. The van der Waals surface area contributed by atoms with Crippen LogP contribution in [0.2, 0.25) is 5.02 Å². The van der Waals surface area contributed by atoms with Crippen molar-refractivity contribution < 1.29 is 29.7 Å². The summed E-state index contributed by atoms with van der Waals surface area (Å²) in [6.07, 6.45) is 2.86. The molecule has 0 aliphatic rings. The van der Waals surface area contributed by atoms with E-state index in [9.17, 15) is 14.7 Å². The van der Waals surface area contributed by atoms with E-state index in [0.717, 1.165) is 33.2 Å². The molecule has 10 nitrogen and oxygen atoms in total. The van der Waals surface area contributed by atoms with Crippen molar-refractivity contribution in [2.75, 3.05) is 0 Å². The molecule has 41 heavy (non-hydrogen) atoms. The monoisotopic (exact) mass is 575 g/mol. The maximum atomic E-state index is 12.7. The Balaban J connectivity index is 0.000000599. The average molecular weight is 576 g/mol. The van der Waals surface area contributed by atoms with E-state index in [1.165, 1.54) is 12.5 Å². The van der Waals surface area contributed by atoms with Crippen LogP contribution in [-0.2, 0) is 16.6 Å². The van der Waals surface area contributed by atoms with Gasteiger partial charge in [0.1, 0.15) is 5.69 Å². The number of carbonyl (C=O) groups is 3. The number of aliphatic carboxylic acids is 2. The quantitative estimate of drug-likeness (QED) is 0.242. The van der Waals surface area contributed by atoms with Crippen LogP contribution in [0.4, 0.5) is 0 Å². The molecule has 210 valence electrons. The zero-order chi connectivity index (χ0) is 29.0. The lowest BCUT2D eigenvalue weighted by Gasteiger charge is -2.22. The average Bonchev–Trinajstić information content (AvgIpc) is 3.42. The summed E-state index contributed by atoms with van der Waals surface area (Å²) in [5.41, 5.74) is 4.22. The number of aromatic carboxylic acids is 1. The van der Waals surface area contributed by atoms with Crippen LogP contribution >= 0.6 is 11.6 Å². The molecule has 0 saturated carbocycles. The summed E-state index contributed by atoms with van der Waals surface area (Å²) in [6, 6.07) is 24.1. The largest absolute Gasteiger partial charge is 0.477 e. The lowest BCUT2D eigenvalue weighted by Crippen LogP contribution is -2.18. The second-order valence-corrected chi connectivity index (χ2v) is 9.09. The molecular formula is C30H26ClN3O7. The fourth-order valence-corrected chi connectivity index (χ4v) is 4.47. The van der Waals surface area contributed by atoms with Gasteiger partial charge < -0.3 is 24.5 Å². The maximum absolute atomic E-state index is 12.7. The third-order valence-corrected chi connectivity index (χ3v) is 6.46. The van der Waals surface area contributed by atoms with E-state index in [2.05, 4.69) is 4.98 Å². The van der Waals surface area contributed by atoms with Crippen molar-refractivity contribution in [2.45, 2.75) is 13.5 Å². The molecule has 1 unspecified atom stereocenters. The van der Waals surface area contributed by atoms with Gasteiger partial charge in [-0.15, -0.1) is 0 Å². The number of nitrogens with zero attached hydrogens (tertiary/aromatic N) is 3. The van der Waals surface area contributed by atoms with Crippen LogP contribution in [0.5, 0.6) is 0 Å². The van der Waals surface area contributed by atoms with Crippen LogP contribution in [0, 0.1) is 0 Å². The van der Waals surface area contributed by atoms with Gasteiger partial charge in [0.05, 0.1) is 24.1 Å². The third-order valence-electron chi connectivity index (χ3n) is 6.20. The fourth-order valence-electron chi connectivity index (χ4n) is 4.34. The zero-order valence-corrected chi connectivity index (χ0v) is 21.7. The highest BCUT2D eigenvalue weighted by Crippen LogP contribution is 2.34. The molecule has 5 rings (SSSR count). The van der Waals surface area contributed by atoms with E-state index in [-0.39, 0.29) is 18.7 Å². The number of hydrogen-bond acceptors (Lipinski definition) is 5. The van der Waals surface area contributed by atoms with E-state index in [1.807, 2.05) is 60.7 Å². The molecule has 2 heterocycles. The van der Waals surface area contributed by atoms with Crippen LogP contribution in [0.15, 0.2) is 96.2 Å². The van der Waals surface area contributed by atoms with E-state index in [4.69, 9.17) is 31.4 Å². The SMILES string of the molecule is C.Cn1c(=O)cc(-c2ccccc2)c2cc(C(c3ccc(Cl)cc3)n3cncc3C(=O)O)ccc21.O=C(O)C(=O)O. The number of aromatic nitrogens is 3. The summed E-state index contributed by atoms with van der Waals surface area (Å²) in [5.74, 6) is -4.71. The zero-order valence-electron chi connectivity index (χ0n) is 20.9. The summed E-state index contributed by atoms with van der Waals surface area (Å²) >= 11 is 6.12. The summed E-state index contributed by atoms with van der Waals surface area (Å²) in [4.78, 5) is 46.9. The van der Waals surface area contributed by atoms with E-state index in [1.54, 1.807) is 34.4 Å². The van der Waals surface area contributed by atoms with Gasteiger partial charge in [-0.2, -0.15) is 0 Å². The third kappa shape index (κ3) is 6.51. The molecule has 1 atom stereocenters. The van der Waals surface area contributed by atoms with Gasteiger partial charge in [0.25, 0.3) is 5.56 Å². The second kappa shape index (κ2) is 12.8. The Labute approximate surface area is 239 Å². The number of aryl methyl sites for hydroxylation is 1. The van der Waals surface area contributed by atoms with Crippen molar-refractivity contribution in [1.82, 2.24) is 14.1 Å². The summed E-state index contributed by atoms with van der Waals surface area (Å²) in [7, 11) is 1.74. The molecule has 0 aliphatic heterocycles. The normalized spacial score (nSPS) is 11.1. The topological polar surface area (TPSA) is 152 Å². The molecule has 0 bridgehead atoms. The lowest BCUT2D eigenvalue weighted by atomic mass is 9.94. The van der Waals surface area contributed by atoms with Crippen molar-refractivity contribution in [1.29, 1.82) is 0 Å².